The Morgan fingerprint density at radius 1 is 0.614 bits per heavy atom. The number of unbranched alkanes of at least 4 members (excludes halogenated alkanes) is 12. The summed E-state index contributed by atoms with van der Waals surface area (Å²) in [7, 11) is 0. The van der Waals surface area contributed by atoms with Crippen molar-refractivity contribution in [3.63, 3.8) is 0 Å². The first-order valence-electron chi connectivity index (χ1n) is 17.6. The second kappa shape index (κ2) is 24.9. The van der Waals surface area contributed by atoms with Gasteiger partial charge in [0.2, 0.25) is 5.75 Å². The van der Waals surface area contributed by atoms with Crippen molar-refractivity contribution in [3.8, 4) is 17.2 Å². The highest BCUT2D eigenvalue weighted by Crippen LogP contribution is 2.40. The summed E-state index contributed by atoms with van der Waals surface area (Å²) in [4.78, 5) is 14.2. The van der Waals surface area contributed by atoms with E-state index in [0.717, 1.165) is 56.3 Å². The molecule has 0 bridgehead atoms. The fraction of sp³-hybridized carbons (Fsp3) is 0.615. The Morgan fingerprint density at radius 2 is 1.09 bits per heavy atom. The van der Waals surface area contributed by atoms with Crippen LogP contribution >= 0.6 is 11.8 Å². The van der Waals surface area contributed by atoms with E-state index < -0.39 is 0 Å². The van der Waals surface area contributed by atoms with Gasteiger partial charge in [-0.3, -0.25) is 4.79 Å². The van der Waals surface area contributed by atoms with Gasteiger partial charge in [0.1, 0.15) is 0 Å². The molecule has 0 amide bonds. The summed E-state index contributed by atoms with van der Waals surface area (Å²) >= 11 is 1.82. The van der Waals surface area contributed by atoms with Crippen LogP contribution in [0, 0.1) is 0 Å². The zero-order valence-electron chi connectivity index (χ0n) is 28.3. The Hall–Kier alpha value is -2.40. The monoisotopic (exact) mass is 624 g/mol. The Bertz CT molecular complexity index is 1010. The van der Waals surface area contributed by atoms with Crippen LogP contribution in [-0.2, 0) is 0 Å². The van der Waals surface area contributed by atoms with E-state index in [1.807, 2.05) is 54.2 Å². The van der Waals surface area contributed by atoms with E-state index >= 15 is 0 Å². The molecule has 2 aromatic rings. The molecule has 4 nitrogen and oxygen atoms in total. The first-order valence-corrected chi connectivity index (χ1v) is 18.6. The summed E-state index contributed by atoms with van der Waals surface area (Å²) < 4.78 is 19.1. The van der Waals surface area contributed by atoms with E-state index in [-0.39, 0.29) is 5.78 Å². The highest BCUT2D eigenvalue weighted by atomic mass is 32.2. The SMILES string of the molecule is CCCCCCCOc1cc(/C=C/C(=O)c2ccc(SCCC)cc2)cc(OCCCCCCC)c1OCCCCCCC. The smallest absolute Gasteiger partial charge is 0.203 e. The van der Waals surface area contributed by atoms with E-state index in [9.17, 15) is 4.79 Å². The molecule has 0 heterocycles. The molecule has 0 aromatic heterocycles. The normalized spacial score (nSPS) is 11.3. The Balaban J connectivity index is 2.24. The number of hydrogen-bond donors (Lipinski definition) is 0. The quantitative estimate of drug-likeness (QED) is 0.0428. The van der Waals surface area contributed by atoms with E-state index in [0.29, 0.717) is 42.6 Å². The minimum absolute atomic E-state index is 0.0127. The molecule has 44 heavy (non-hydrogen) atoms. The highest BCUT2D eigenvalue weighted by Gasteiger charge is 2.16. The van der Waals surface area contributed by atoms with Gasteiger partial charge in [-0.25, -0.2) is 0 Å². The van der Waals surface area contributed by atoms with Gasteiger partial charge in [0, 0.05) is 10.5 Å². The van der Waals surface area contributed by atoms with Crippen molar-refractivity contribution >= 4 is 23.6 Å². The molecule has 0 saturated carbocycles. The fourth-order valence-electron chi connectivity index (χ4n) is 4.91. The molecule has 0 spiro atoms. The van der Waals surface area contributed by atoms with Crippen molar-refractivity contribution in [1.82, 2.24) is 0 Å². The van der Waals surface area contributed by atoms with E-state index in [4.69, 9.17) is 14.2 Å². The van der Waals surface area contributed by atoms with Crippen molar-refractivity contribution in [2.24, 2.45) is 0 Å². The Labute approximate surface area is 273 Å². The van der Waals surface area contributed by atoms with Gasteiger partial charge in [-0.15, -0.1) is 11.8 Å². The number of hydrogen-bond acceptors (Lipinski definition) is 5. The Morgan fingerprint density at radius 3 is 1.57 bits per heavy atom. The van der Waals surface area contributed by atoms with Gasteiger partial charge in [0.05, 0.1) is 19.8 Å². The number of rotatable bonds is 27. The summed E-state index contributed by atoms with van der Waals surface area (Å²) in [5.41, 5.74) is 1.57. The maximum atomic E-state index is 13.0. The first-order chi connectivity index (χ1) is 21.6. The van der Waals surface area contributed by atoms with Gasteiger partial charge >= 0.3 is 0 Å². The van der Waals surface area contributed by atoms with Crippen molar-refractivity contribution < 1.29 is 19.0 Å². The predicted molar refractivity (Wildman–Crippen MR) is 190 cm³/mol. The largest absolute Gasteiger partial charge is 0.490 e. The fourth-order valence-corrected chi connectivity index (χ4v) is 5.68. The summed E-state index contributed by atoms with van der Waals surface area (Å²) in [6.07, 6.45) is 22.3. The maximum absolute atomic E-state index is 13.0. The molecule has 5 heteroatoms. The zero-order valence-corrected chi connectivity index (χ0v) is 29.1. The average molecular weight is 625 g/mol. The molecule has 0 saturated heterocycles. The number of thioether (sulfide) groups is 1. The van der Waals surface area contributed by atoms with Crippen LogP contribution < -0.4 is 14.2 Å². The lowest BCUT2D eigenvalue weighted by atomic mass is 10.1. The standard InChI is InChI=1S/C39H60O4S/c1-5-9-12-15-18-27-41-37-31-33(21-26-36(40)34-22-24-35(25-23-34)44-30-8-4)32-38(42-28-19-16-13-10-6-2)39(37)43-29-20-17-14-11-7-3/h21-26,31-32H,5-20,27-30H2,1-4H3/b26-21+. The minimum Gasteiger partial charge on any atom is -0.490 e. The number of benzene rings is 2. The maximum Gasteiger partial charge on any atom is 0.203 e. The van der Waals surface area contributed by atoms with Gasteiger partial charge in [-0.1, -0.05) is 111 Å². The molecule has 0 N–H and O–H groups in total. The van der Waals surface area contributed by atoms with Gasteiger partial charge < -0.3 is 14.2 Å². The van der Waals surface area contributed by atoms with Gasteiger partial charge in [-0.05, 0) is 79.5 Å². The molecular formula is C39H60O4S. The van der Waals surface area contributed by atoms with Crippen LogP contribution in [0.25, 0.3) is 6.08 Å². The lowest BCUT2D eigenvalue weighted by Gasteiger charge is -2.18. The number of ketones is 1. The Kier molecular flexibility index (Phi) is 21.4. The van der Waals surface area contributed by atoms with Crippen LogP contribution in [0.4, 0.5) is 0 Å². The third-order valence-electron chi connectivity index (χ3n) is 7.59. The third-order valence-corrected chi connectivity index (χ3v) is 8.81. The number of ether oxygens (including phenoxy) is 3. The van der Waals surface area contributed by atoms with Gasteiger partial charge in [0.25, 0.3) is 0 Å². The van der Waals surface area contributed by atoms with E-state index in [1.165, 1.54) is 62.7 Å². The van der Waals surface area contributed by atoms with Crippen molar-refractivity contribution in [2.75, 3.05) is 25.6 Å². The average Bonchev–Trinajstić information content (AvgIpc) is 3.04. The second-order valence-electron chi connectivity index (χ2n) is 11.7. The molecule has 0 atom stereocenters. The number of carbonyl (C=O) groups excluding carboxylic acids is 1. The first kappa shape index (κ1) is 37.8. The van der Waals surface area contributed by atoms with E-state index in [2.05, 4.69) is 27.7 Å². The molecule has 0 aliphatic heterocycles. The van der Waals surface area contributed by atoms with Crippen LogP contribution in [0.3, 0.4) is 0 Å². The number of carbonyl (C=O) groups is 1. The predicted octanol–water partition coefficient (Wildman–Crippen LogP) is 12.1. The van der Waals surface area contributed by atoms with Crippen LogP contribution in [0.15, 0.2) is 47.4 Å². The van der Waals surface area contributed by atoms with Gasteiger partial charge in [-0.2, -0.15) is 0 Å². The van der Waals surface area contributed by atoms with Crippen molar-refractivity contribution in [3.05, 3.63) is 53.6 Å². The molecule has 246 valence electrons. The molecule has 0 radical (unpaired) electrons. The molecule has 0 unspecified atom stereocenters. The van der Waals surface area contributed by atoms with Crippen molar-refractivity contribution in [1.29, 1.82) is 0 Å². The molecular weight excluding hydrogens is 564 g/mol. The van der Waals surface area contributed by atoms with Crippen LogP contribution in [0.1, 0.15) is 146 Å². The summed E-state index contributed by atoms with van der Waals surface area (Å²) in [6, 6.07) is 11.9. The highest BCUT2D eigenvalue weighted by molar-refractivity contribution is 7.99. The summed E-state index contributed by atoms with van der Waals surface area (Å²) in [6.45, 7) is 10.8. The van der Waals surface area contributed by atoms with Gasteiger partial charge in [0.15, 0.2) is 17.3 Å². The molecule has 0 fully saturated rings. The van der Waals surface area contributed by atoms with Crippen LogP contribution in [-0.4, -0.2) is 31.4 Å². The minimum atomic E-state index is -0.0127. The molecule has 0 aliphatic carbocycles. The van der Waals surface area contributed by atoms with Crippen LogP contribution in [0.2, 0.25) is 0 Å². The zero-order chi connectivity index (χ0) is 31.7. The lowest BCUT2D eigenvalue weighted by Crippen LogP contribution is -2.07. The topological polar surface area (TPSA) is 44.8 Å². The third kappa shape index (κ3) is 16.1. The molecule has 0 aliphatic rings. The summed E-state index contributed by atoms with van der Waals surface area (Å²) in [5.74, 6) is 3.19. The van der Waals surface area contributed by atoms with Crippen molar-refractivity contribution in [2.45, 2.75) is 135 Å². The molecule has 2 rings (SSSR count). The lowest BCUT2D eigenvalue weighted by molar-refractivity contribution is 0.104. The summed E-state index contributed by atoms with van der Waals surface area (Å²) in [5, 5.41) is 0. The van der Waals surface area contributed by atoms with E-state index in [1.54, 1.807) is 6.08 Å². The number of allylic oxidation sites excluding steroid dienone is 1. The molecule has 2 aromatic carbocycles. The van der Waals surface area contributed by atoms with Crippen LogP contribution in [0.5, 0.6) is 17.2 Å². The second-order valence-corrected chi connectivity index (χ2v) is 12.9.